The number of benzene rings is 3. The summed E-state index contributed by atoms with van der Waals surface area (Å²) in [6.07, 6.45) is 1.50. The zero-order valence-corrected chi connectivity index (χ0v) is 22.7. The smallest absolute Gasteiger partial charge is 0.371 e. The molecule has 2 heterocycles. The van der Waals surface area contributed by atoms with Crippen LogP contribution in [0.1, 0.15) is 28.8 Å². The van der Waals surface area contributed by atoms with Gasteiger partial charge in [0.2, 0.25) is 5.76 Å². The van der Waals surface area contributed by atoms with Gasteiger partial charge in [-0.05, 0) is 79.3 Å². The highest BCUT2D eigenvalue weighted by Crippen LogP contribution is 2.33. The Balaban J connectivity index is 1.49. The molecule has 3 aromatic carbocycles. The van der Waals surface area contributed by atoms with Crippen molar-refractivity contribution in [1.82, 2.24) is 0 Å². The molecule has 41 heavy (non-hydrogen) atoms. The number of thiocarbonyl (C=S) groups is 1. The molecule has 1 aliphatic rings. The first kappa shape index (κ1) is 27.4. The SMILES string of the molecule is CCOc1cc(C=C2C(=O)N(c3ccccc3)C(=S)N(c3ccccc3)C2=O)ccc1OCc1ccc(C(=O)O)o1. The van der Waals surface area contributed by atoms with Crippen LogP contribution in [0.5, 0.6) is 11.5 Å². The largest absolute Gasteiger partial charge is 0.490 e. The number of para-hydroxylation sites is 2. The average molecular weight is 569 g/mol. The van der Waals surface area contributed by atoms with E-state index < -0.39 is 17.8 Å². The number of hydrogen-bond donors (Lipinski definition) is 1. The van der Waals surface area contributed by atoms with Gasteiger partial charge in [-0.2, -0.15) is 0 Å². The number of anilines is 2. The van der Waals surface area contributed by atoms with E-state index >= 15 is 0 Å². The summed E-state index contributed by atoms with van der Waals surface area (Å²) in [6, 6.07) is 25.7. The first-order chi connectivity index (χ1) is 19.9. The molecule has 1 aromatic heterocycles. The molecule has 0 spiro atoms. The third-order valence-electron chi connectivity index (χ3n) is 6.10. The molecule has 0 bridgehead atoms. The maximum atomic E-state index is 13.7. The van der Waals surface area contributed by atoms with E-state index in [4.69, 9.17) is 31.2 Å². The lowest BCUT2D eigenvalue weighted by molar-refractivity contribution is -0.120. The zero-order chi connectivity index (χ0) is 28.9. The molecular weight excluding hydrogens is 544 g/mol. The maximum absolute atomic E-state index is 13.7. The number of nitrogens with zero attached hydrogens (tertiary/aromatic N) is 2. The van der Waals surface area contributed by atoms with Crippen LogP contribution in [0, 0.1) is 0 Å². The standard InChI is InChI=1S/C31H24N2O7S/c1-2-38-27-18-20(13-15-25(27)39-19-23-14-16-26(40-23)30(36)37)17-24-28(34)32(21-9-5-3-6-10-21)31(41)33(29(24)35)22-11-7-4-8-12-22/h3-18H,2,19H2,1H3,(H,36,37). The second-order valence-corrected chi connectivity index (χ2v) is 9.16. The van der Waals surface area contributed by atoms with Crippen molar-refractivity contribution in [3.05, 3.63) is 114 Å². The molecule has 0 saturated carbocycles. The van der Waals surface area contributed by atoms with Crippen molar-refractivity contribution in [2.75, 3.05) is 16.4 Å². The third kappa shape index (κ3) is 5.73. The number of carbonyl (C=O) groups is 3. The highest BCUT2D eigenvalue weighted by Gasteiger charge is 2.41. The van der Waals surface area contributed by atoms with E-state index in [0.29, 0.717) is 40.8 Å². The Morgan fingerprint density at radius 3 is 2.00 bits per heavy atom. The highest BCUT2D eigenvalue weighted by molar-refractivity contribution is 7.81. The molecule has 5 rings (SSSR count). The predicted octanol–water partition coefficient (Wildman–Crippen LogP) is 5.70. The first-order valence-corrected chi connectivity index (χ1v) is 13.0. The third-order valence-corrected chi connectivity index (χ3v) is 6.46. The lowest BCUT2D eigenvalue weighted by atomic mass is 10.0. The summed E-state index contributed by atoms with van der Waals surface area (Å²) < 4.78 is 16.8. The van der Waals surface area contributed by atoms with Crippen molar-refractivity contribution in [1.29, 1.82) is 0 Å². The van der Waals surface area contributed by atoms with Crippen LogP contribution < -0.4 is 19.3 Å². The summed E-state index contributed by atoms with van der Waals surface area (Å²) in [7, 11) is 0. The molecule has 0 atom stereocenters. The second-order valence-electron chi connectivity index (χ2n) is 8.79. The number of rotatable bonds is 9. The molecule has 0 unspecified atom stereocenters. The average Bonchev–Trinajstić information content (AvgIpc) is 3.46. The zero-order valence-electron chi connectivity index (χ0n) is 21.9. The summed E-state index contributed by atoms with van der Waals surface area (Å²) in [5, 5.41) is 9.11. The Kier molecular flexibility index (Phi) is 7.93. The van der Waals surface area contributed by atoms with Gasteiger partial charge in [-0.25, -0.2) is 4.79 Å². The quantitative estimate of drug-likeness (QED) is 0.156. The Morgan fingerprint density at radius 2 is 1.46 bits per heavy atom. The molecule has 1 aliphatic heterocycles. The monoisotopic (exact) mass is 568 g/mol. The van der Waals surface area contributed by atoms with Gasteiger partial charge in [0.25, 0.3) is 11.8 Å². The van der Waals surface area contributed by atoms with Crippen LogP contribution in [-0.4, -0.2) is 34.6 Å². The van der Waals surface area contributed by atoms with Gasteiger partial charge in [0, 0.05) is 0 Å². The molecule has 206 valence electrons. The van der Waals surface area contributed by atoms with Gasteiger partial charge >= 0.3 is 5.97 Å². The van der Waals surface area contributed by atoms with Crippen molar-refractivity contribution < 1.29 is 33.4 Å². The van der Waals surface area contributed by atoms with Gasteiger partial charge in [0.1, 0.15) is 17.9 Å². The van der Waals surface area contributed by atoms with Gasteiger partial charge in [-0.1, -0.05) is 42.5 Å². The fraction of sp³-hybridized carbons (Fsp3) is 0.0968. The summed E-state index contributed by atoms with van der Waals surface area (Å²) >= 11 is 5.65. The van der Waals surface area contributed by atoms with Crippen LogP contribution >= 0.6 is 12.2 Å². The van der Waals surface area contributed by atoms with Gasteiger partial charge in [-0.15, -0.1) is 0 Å². The minimum absolute atomic E-state index is 0.0275. The second kappa shape index (κ2) is 11.9. The van der Waals surface area contributed by atoms with Crippen LogP contribution in [0.3, 0.4) is 0 Å². The number of aromatic carboxylic acids is 1. The molecular formula is C31H24N2O7S. The molecule has 0 radical (unpaired) electrons. The van der Waals surface area contributed by atoms with E-state index in [-0.39, 0.29) is 23.1 Å². The Hall–Kier alpha value is -5.22. The van der Waals surface area contributed by atoms with Crippen LogP contribution in [-0.2, 0) is 16.2 Å². The van der Waals surface area contributed by atoms with E-state index in [2.05, 4.69) is 0 Å². The molecule has 1 saturated heterocycles. The predicted molar refractivity (Wildman–Crippen MR) is 156 cm³/mol. The fourth-order valence-corrected chi connectivity index (χ4v) is 4.60. The van der Waals surface area contributed by atoms with Crippen LogP contribution in [0.2, 0.25) is 0 Å². The van der Waals surface area contributed by atoms with E-state index in [0.717, 1.165) is 0 Å². The Bertz CT molecular complexity index is 1580. The van der Waals surface area contributed by atoms with Crippen molar-refractivity contribution >= 4 is 52.6 Å². The molecule has 2 amide bonds. The first-order valence-electron chi connectivity index (χ1n) is 12.6. The van der Waals surface area contributed by atoms with Gasteiger partial charge in [0.05, 0.1) is 18.0 Å². The molecule has 9 nitrogen and oxygen atoms in total. The van der Waals surface area contributed by atoms with Crippen molar-refractivity contribution in [3.8, 4) is 11.5 Å². The number of furan rings is 1. The fourth-order valence-electron chi connectivity index (χ4n) is 4.23. The van der Waals surface area contributed by atoms with E-state index in [1.165, 1.54) is 28.0 Å². The highest BCUT2D eigenvalue weighted by atomic mass is 32.1. The number of amides is 2. The normalized spacial score (nSPS) is 13.4. The van der Waals surface area contributed by atoms with E-state index in [1.54, 1.807) is 66.7 Å². The van der Waals surface area contributed by atoms with Crippen molar-refractivity contribution in [2.24, 2.45) is 0 Å². The van der Waals surface area contributed by atoms with E-state index in [9.17, 15) is 14.4 Å². The topological polar surface area (TPSA) is 110 Å². The van der Waals surface area contributed by atoms with Crippen LogP contribution in [0.4, 0.5) is 11.4 Å². The molecule has 4 aromatic rings. The lowest BCUT2D eigenvalue weighted by Crippen LogP contribution is -2.56. The van der Waals surface area contributed by atoms with Gasteiger partial charge in [-0.3, -0.25) is 19.4 Å². The van der Waals surface area contributed by atoms with Crippen LogP contribution in [0.15, 0.2) is 101 Å². The lowest BCUT2D eigenvalue weighted by Gasteiger charge is -2.36. The summed E-state index contributed by atoms with van der Waals surface area (Å²) in [4.78, 5) is 41.2. The maximum Gasteiger partial charge on any atom is 0.371 e. The summed E-state index contributed by atoms with van der Waals surface area (Å²) in [5.41, 5.74) is 1.51. The number of carboxylic acids is 1. The molecule has 1 fully saturated rings. The summed E-state index contributed by atoms with van der Waals surface area (Å²) in [6.45, 7) is 2.11. The van der Waals surface area contributed by atoms with Gasteiger partial charge < -0.3 is 19.0 Å². The van der Waals surface area contributed by atoms with E-state index in [1.807, 2.05) is 19.1 Å². The van der Waals surface area contributed by atoms with Crippen molar-refractivity contribution in [2.45, 2.75) is 13.5 Å². The molecule has 0 aliphatic carbocycles. The Morgan fingerprint density at radius 1 is 0.854 bits per heavy atom. The minimum atomic E-state index is -1.17. The number of ether oxygens (including phenoxy) is 2. The Labute approximate surface area is 240 Å². The van der Waals surface area contributed by atoms with Gasteiger partial charge in [0.15, 0.2) is 16.6 Å². The number of carboxylic acid groups (broad SMARTS) is 1. The minimum Gasteiger partial charge on any atom is -0.490 e. The summed E-state index contributed by atoms with van der Waals surface area (Å²) in [5.74, 6) is -1.39. The van der Waals surface area contributed by atoms with Crippen LogP contribution in [0.25, 0.3) is 6.08 Å². The van der Waals surface area contributed by atoms with Crippen molar-refractivity contribution in [3.63, 3.8) is 0 Å². The molecule has 10 heteroatoms. The number of carbonyl (C=O) groups excluding carboxylic acids is 2. The molecule has 1 N–H and O–H groups in total. The number of hydrogen-bond acceptors (Lipinski definition) is 7.